The highest BCUT2D eigenvalue weighted by Gasteiger charge is 2.11. The van der Waals surface area contributed by atoms with Gasteiger partial charge in [0.2, 0.25) is 0 Å². The molecule has 100 valence electrons. The van der Waals surface area contributed by atoms with Crippen LogP contribution in [0.15, 0.2) is 34.8 Å². The molecule has 0 aliphatic rings. The normalized spacial score (nSPS) is 10.8. The molecule has 0 amide bonds. The quantitative estimate of drug-likeness (QED) is 0.904. The van der Waals surface area contributed by atoms with Crippen LogP contribution in [0.4, 0.5) is 5.82 Å². The monoisotopic (exact) mass is 319 g/mol. The van der Waals surface area contributed by atoms with Gasteiger partial charge in [-0.05, 0) is 18.9 Å². The van der Waals surface area contributed by atoms with Gasteiger partial charge in [-0.1, -0.05) is 48.0 Å². The van der Waals surface area contributed by atoms with E-state index in [-0.39, 0.29) is 0 Å². The smallest absolute Gasteiger partial charge is 0.162 e. The Morgan fingerprint density at radius 2 is 1.95 bits per heavy atom. The van der Waals surface area contributed by atoms with Crippen molar-refractivity contribution in [3.8, 4) is 11.4 Å². The molecule has 2 aromatic rings. The molecule has 0 spiro atoms. The molecule has 19 heavy (non-hydrogen) atoms. The van der Waals surface area contributed by atoms with Gasteiger partial charge in [0.1, 0.15) is 5.82 Å². The van der Waals surface area contributed by atoms with Gasteiger partial charge in [-0.2, -0.15) is 0 Å². The molecule has 1 aromatic carbocycles. The van der Waals surface area contributed by atoms with Crippen molar-refractivity contribution in [2.45, 2.75) is 26.7 Å². The molecule has 4 heteroatoms. The van der Waals surface area contributed by atoms with Gasteiger partial charge in [-0.25, -0.2) is 9.97 Å². The molecule has 2 rings (SSSR count). The molecule has 0 unspecified atom stereocenters. The first-order valence-electron chi connectivity index (χ1n) is 6.49. The van der Waals surface area contributed by atoms with Crippen LogP contribution in [0.25, 0.3) is 11.4 Å². The maximum absolute atomic E-state index is 4.67. The van der Waals surface area contributed by atoms with E-state index in [2.05, 4.69) is 52.0 Å². The second kappa shape index (κ2) is 6.15. The van der Waals surface area contributed by atoms with Crippen LogP contribution in [0.1, 0.15) is 32.4 Å². The molecule has 3 nitrogen and oxygen atoms in total. The van der Waals surface area contributed by atoms with E-state index in [9.17, 15) is 0 Å². The minimum atomic E-state index is 0.377. The summed E-state index contributed by atoms with van der Waals surface area (Å²) in [7, 11) is 0. The number of rotatable bonds is 4. The molecular weight excluding hydrogens is 302 g/mol. The number of nitrogens with one attached hydrogen (secondary N) is 1. The van der Waals surface area contributed by atoms with Crippen LogP contribution in [0.2, 0.25) is 0 Å². The predicted octanol–water partition coefficient (Wildman–Crippen LogP) is 4.46. The van der Waals surface area contributed by atoms with Crippen LogP contribution >= 0.6 is 15.9 Å². The average Bonchev–Trinajstić information content (AvgIpc) is 2.39. The fraction of sp³-hybridized carbons (Fsp3) is 0.333. The summed E-state index contributed by atoms with van der Waals surface area (Å²) in [6.07, 6.45) is 0. The summed E-state index contributed by atoms with van der Waals surface area (Å²) >= 11 is 3.56. The zero-order chi connectivity index (χ0) is 13.8. The number of nitrogens with zero attached hydrogens (tertiary/aromatic N) is 2. The summed E-state index contributed by atoms with van der Waals surface area (Å²) in [4.78, 5) is 9.25. The first-order chi connectivity index (χ1) is 9.11. The van der Waals surface area contributed by atoms with Gasteiger partial charge in [0.25, 0.3) is 0 Å². The number of aromatic nitrogens is 2. The fourth-order valence-electron chi connectivity index (χ4n) is 1.80. The van der Waals surface area contributed by atoms with Crippen LogP contribution in [0, 0.1) is 0 Å². The summed E-state index contributed by atoms with van der Waals surface area (Å²) in [5, 5.41) is 3.27. The van der Waals surface area contributed by atoms with Crippen LogP contribution in [0.5, 0.6) is 0 Å². The topological polar surface area (TPSA) is 37.8 Å². The van der Waals surface area contributed by atoms with Crippen molar-refractivity contribution in [2.75, 3.05) is 11.9 Å². The third kappa shape index (κ3) is 3.32. The van der Waals surface area contributed by atoms with Gasteiger partial charge in [-0.3, -0.25) is 0 Å². The first-order valence-corrected chi connectivity index (χ1v) is 7.29. The summed E-state index contributed by atoms with van der Waals surface area (Å²) in [6, 6.07) is 10.0. The summed E-state index contributed by atoms with van der Waals surface area (Å²) in [5.41, 5.74) is 2.07. The van der Waals surface area contributed by atoms with Crippen LogP contribution in [0.3, 0.4) is 0 Å². The molecule has 1 aromatic heterocycles. The minimum Gasteiger partial charge on any atom is -0.370 e. The van der Waals surface area contributed by atoms with Crippen LogP contribution < -0.4 is 5.32 Å². The van der Waals surface area contributed by atoms with Gasteiger partial charge >= 0.3 is 0 Å². The maximum atomic E-state index is 4.67. The fourth-order valence-corrected chi connectivity index (χ4v) is 2.26. The minimum absolute atomic E-state index is 0.377. The van der Waals surface area contributed by atoms with Gasteiger partial charge in [-0.15, -0.1) is 0 Å². The maximum Gasteiger partial charge on any atom is 0.162 e. The van der Waals surface area contributed by atoms with E-state index in [1.165, 1.54) is 0 Å². The molecule has 0 aliphatic heterocycles. The lowest BCUT2D eigenvalue weighted by molar-refractivity contribution is 0.817. The zero-order valence-corrected chi connectivity index (χ0v) is 13.0. The first kappa shape index (κ1) is 14.0. The lowest BCUT2D eigenvalue weighted by Crippen LogP contribution is -2.05. The molecule has 0 saturated carbocycles. The summed E-state index contributed by atoms with van der Waals surface area (Å²) < 4.78 is 1.01. The molecule has 0 saturated heterocycles. The summed E-state index contributed by atoms with van der Waals surface area (Å²) in [6.45, 7) is 7.20. The second-order valence-corrected chi connectivity index (χ2v) is 5.52. The van der Waals surface area contributed by atoms with Crippen LogP contribution in [-0.4, -0.2) is 16.5 Å². The molecule has 1 heterocycles. The Morgan fingerprint density at radius 3 is 2.58 bits per heavy atom. The Bertz CT molecular complexity index is 567. The highest BCUT2D eigenvalue weighted by molar-refractivity contribution is 9.10. The van der Waals surface area contributed by atoms with Gasteiger partial charge < -0.3 is 5.32 Å². The Morgan fingerprint density at radius 1 is 1.21 bits per heavy atom. The van der Waals surface area contributed by atoms with Crippen molar-refractivity contribution in [3.63, 3.8) is 0 Å². The number of benzene rings is 1. The zero-order valence-electron chi connectivity index (χ0n) is 11.4. The third-order valence-corrected chi connectivity index (χ3v) is 3.50. The van der Waals surface area contributed by atoms with E-state index < -0.39 is 0 Å². The number of hydrogen-bond acceptors (Lipinski definition) is 3. The lowest BCUT2D eigenvalue weighted by atomic mass is 10.1. The SMILES string of the molecule is CCNc1cc(C(C)C)nc(-c2ccccc2Br)n1. The van der Waals surface area contributed by atoms with Crippen molar-refractivity contribution in [3.05, 3.63) is 40.5 Å². The largest absolute Gasteiger partial charge is 0.370 e. The number of anilines is 1. The molecular formula is C15H18BrN3. The standard InChI is InChI=1S/C15H18BrN3/c1-4-17-14-9-13(10(2)3)18-15(19-14)11-7-5-6-8-12(11)16/h5-10H,4H2,1-3H3,(H,17,18,19). The van der Waals surface area contributed by atoms with Crippen molar-refractivity contribution in [1.82, 2.24) is 9.97 Å². The molecule has 0 atom stereocenters. The Balaban J connectivity index is 2.53. The van der Waals surface area contributed by atoms with E-state index in [1.807, 2.05) is 30.3 Å². The molecule has 0 bridgehead atoms. The lowest BCUT2D eigenvalue weighted by Gasteiger charge is -2.11. The Hall–Kier alpha value is -1.42. The van der Waals surface area contributed by atoms with Crippen molar-refractivity contribution in [1.29, 1.82) is 0 Å². The van der Waals surface area contributed by atoms with Crippen molar-refractivity contribution in [2.24, 2.45) is 0 Å². The van der Waals surface area contributed by atoms with Crippen LogP contribution in [-0.2, 0) is 0 Å². The highest BCUT2D eigenvalue weighted by atomic mass is 79.9. The third-order valence-electron chi connectivity index (χ3n) is 2.81. The average molecular weight is 320 g/mol. The van der Waals surface area contributed by atoms with E-state index in [0.717, 1.165) is 33.9 Å². The highest BCUT2D eigenvalue weighted by Crippen LogP contribution is 2.27. The summed E-state index contributed by atoms with van der Waals surface area (Å²) in [5.74, 6) is 2.02. The molecule has 1 N–H and O–H groups in total. The van der Waals surface area contributed by atoms with Gasteiger partial charge in [0.05, 0.1) is 0 Å². The molecule has 0 fully saturated rings. The van der Waals surface area contributed by atoms with Crippen molar-refractivity contribution < 1.29 is 0 Å². The van der Waals surface area contributed by atoms with E-state index in [4.69, 9.17) is 0 Å². The van der Waals surface area contributed by atoms with E-state index in [0.29, 0.717) is 5.92 Å². The Kier molecular flexibility index (Phi) is 4.53. The predicted molar refractivity (Wildman–Crippen MR) is 83.4 cm³/mol. The van der Waals surface area contributed by atoms with E-state index in [1.54, 1.807) is 0 Å². The van der Waals surface area contributed by atoms with E-state index >= 15 is 0 Å². The van der Waals surface area contributed by atoms with Gasteiger partial charge in [0.15, 0.2) is 5.82 Å². The van der Waals surface area contributed by atoms with Gasteiger partial charge in [0, 0.05) is 28.3 Å². The molecule has 0 aliphatic carbocycles. The Labute approximate surface area is 122 Å². The number of hydrogen-bond donors (Lipinski definition) is 1. The second-order valence-electron chi connectivity index (χ2n) is 4.67. The number of halogens is 1. The van der Waals surface area contributed by atoms with Crippen molar-refractivity contribution >= 4 is 21.7 Å². The molecule has 0 radical (unpaired) electrons.